The molecule has 7 amide bonds. The maximum atomic E-state index is 18.1. The van der Waals surface area contributed by atoms with Crippen LogP contribution in [0.2, 0.25) is 0 Å². The zero-order valence-electron chi connectivity index (χ0n) is 77.8. The molecule has 728 valence electrons. The summed E-state index contributed by atoms with van der Waals surface area (Å²) in [5.74, 6) is 2.41. The van der Waals surface area contributed by atoms with Gasteiger partial charge in [-0.15, -0.1) is 17.4 Å². The molecule has 5 fully saturated rings. The number of carbonyl (C=O) groups excluding carboxylic acids is 9. The number of quaternary nitrogens is 1. The molecule has 10 rings (SSSR count). The van der Waals surface area contributed by atoms with Crippen LogP contribution in [-0.2, 0) is 95.2 Å². The fourth-order valence-corrected chi connectivity index (χ4v) is 19.4. The molecular formula is C94H146F2N11O23+. The fraction of sp³-hybridized carbons (Fsp3) is 0.755. The molecule has 3 unspecified atom stereocenters. The second kappa shape index (κ2) is 51.6. The second-order valence-electron chi connectivity index (χ2n) is 37.2. The van der Waals surface area contributed by atoms with Crippen LogP contribution in [0.3, 0.4) is 0 Å². The van der Waals surface area contributed by atoms with E-state index >= 15 is 8.78 Å². The number of aliphatic hydroxyl groups is 1. The van der Waals surface area contributed by atoms with E-state index in [0.717, 1.165) is 86.3 Å². The molecule has 0 radical (unpaired) electrons. The van der Waals surface area contributed by atoms with Crippen LogP contribution in [0.25, 0.3) is 0 Å². The smallest absolute Gasteiger partial charge is 0.407 e. The molecule has 34 nitrogen and oxygen atoms in total. The molecule has 7 aliphatic carbocycles. The summed E-state index contributed by atoms with van der Waals surface area (Å²) >= 11 is 0. The lowest BCUT2D eigenvalue weighted by molar-refractivity contribution is -0.869. The third kappa shape index (κ3) is 29.3. The number of hydrazine groups is 2. The Morgan fingerprint density at radius 2 is 1.32 bits per heavy atom. The van der Waals surface area contributed by atoms with Gasteiger partial charge in [0.2, 0.25) is 41.2 Å². The number of fused-ring (bicyclic) bond motifs is 8. The lowest BCUT2D eigenvalue weighted by Gasteiger charge is -2.63. The highest BCUT2D eigenvalue weighted by Gasteiger charge is 2.80. The van der Waals surface area contributed by atoms with Crippen molar-refractivity contribution in [2.75, 3.05) is 185 Å². The number of anilines is 1. The van der Waals surface area contributed by atoms with Crippen molar-refractivity contribution in [3.8, 4) is 17.6 Å². The molecular weight excluding hydrogens is 1690 g/mol. The molecule has 0 aromatic heterocycles. The normalized spacial score (nSPS) is 27.2. The number of nitrogens with one attached hydrogen (secondary N) is 9. The second-order valence-corrected chi connectivity index (χ2v) is 37.2. The van der Waals surface area contributed by atoms with Crippen molar-refractivity contribution in [3.05, 3.63) is 59.5 Å². The third-order valence-corrected chi connectivity index (χ3v) is 26.6. The number of hydrogen-bond acceptors (Lipinski definition) is 26. The van der Waals surface area contributed by atoms with Crippen molar-refractivity contribution >= 4 is 58.8 Å². The van der Waals surface area contributed by atoms with Crippen molar-refractivity contribution in [3.63, 3.8) is 0 Å². The fourth-order valence-electron chi connectivity index (χ4n) is 19.4. The van der Waals surface area contributed by atoms with Crippen molar-refractivity contribution < 1.29 is 123 Å². The average molecular weight is 1840 g/mol. The quantitative estimate of drug-likeness (QED) is 0.0192. The Bertz CT molecular complexity index is 4000. The predicted molar refractivity (Wildman–Crippen MR) is 475 cm³/mol. The number of likely N-dealkylation sites (N-methyl/N-ethyl adjacent to an activating group) is 1. The number of ether oxygens (including phenoxy) is 13. The number of ketones is 2. The number of aliphatic hydroxyl groups excluding tert-OH is 1. The number of benzene rings is 1. The molecule has 10 N–H and O–H groups in total. The number of carbonyl (C=O) groups is 9. The van der Waals surface area contributed by atoms with Crippen LogP contribution in [0.1, 0.15) is 170 Å². The molecule has 17 atom stereocenters. The highest BCUT2D eigenvalue weighted by atomic mass is 19.1. The first-order valence-corrected chi connectivity index (χ1v) is 47.2. The molecule has 1 aromatic carbocycles. The van der Waals surface area contributed by atoms with Crippen molar-refractivity contribution in [1.29, 1.82) is 0 Å². The van der Waals surface area contributed by atoms with Gasteiger partial charge in [-0.3, -0.25) is 43.4 Å². The van der Waals surface area contributed by atoms with Crippen molar-refractivity contribution in [1.82, 2.24) is 47.9 Å². The summed E-state index contributed by atoms with van der Waals surface area (Å²) in [4.78, 5) is 121. The van der Waals surface area contributed by atoms with E-state index in [1.54, 1.807) is 45.0 Å². The number of nitrogens with zero attached hydrogens (tertiary/aromatic N) is 2. The summed E-state index contributed by atoms with van der Waals surface area (Å²) in [6.45, 7) is 17.8. The Balaban J connectivity index is 0.639. The van der Waals surface area contributed by atoms with E-state index in [-0.39, 0.29) is 94.4 Å². The minimum atomic E-state index is -2.37. The summed E-state index contributed by atoms with van der Waals surface area (Å²) in [5.41, 5.74) is 1.91. The van der Waals surface area contributed by atoms with Gasteiger partial charge in [-0.1, -0.05) is 65.9 Å². The van der Waals surface area contributed by atoms with Gasteiger partial charge in [0.05, 0.1) is 177 Å². The maximum absolute atomic E-state index is 18.1. The highest BCUT2D eigenvalue weighted by Crippen LogP contribution is 2.72. The minimum absolute atomic E-state index is 0.00354. The first-order chi connectivity index (χ1) is 62.5. The SMILES string of the molecule is CCCC1O[C@@H]2C[C@H]3[C@@H]4C[C@H](F)C5=CC(=O)C=C[C@]5(C)[C@@]4(F)[C@@H](O)C[C@]3(C)[C@]2(C(=O)COc2ccc(NC(=O)[C@H](C)NC(=O)[C@@H](NC(=O)[C@@H](CCCCCNC(=O)COC3CCCCCC4=C3NNN4CCOCCOCCOCCOCCC(=O)NCC[N+](C)(C)C)NC(=O)CCOCCOCCOCCOCCNC(=O)OCC3[C@H]4CCC#CCC[C@@H]34)C(C)C)cc2)O1. The molecule has 2 heterocycles. The van der Waals surface area contributed by atoms with Gasteiger partial charge in [-0.2, -0.15) is 0 Å². The number of halogens is 2. The summed E-state index contributed by atoms with van der Waals surface area (Å²) in [5, 5.41) is 33.9. The van der Waals surface area contributed by atoms with E-state index in [0.29, 0.717) is 174 Å². The first kappa shape index (κ1) is 104. The number of amides is 7. The molecule has 4 saturated carbocycles. The number of alkyl halides is 2. The van der Waals surface area contributed by atoms with Crippen molar-refractivity contribution in [2.45, 2.75) is 230 Å². The number of hydrogen-bond donors (Lipinski definition) is 10. The van der Waals surface area contributed by atoms with Crippen LogP contribution in [-0.4, -0.2) is 307 Å². The van der Waals surface area contributed by atoms with Gasteiger partial charge < -0.3 is 114 Å². The predicted octanol–water partition coefficient (Wildman–Crippen LogP) is 6.38. The molecule has 0 bridgehead atoms. The largest absolute Gasteiger partial charge is 0.486 e. The van der Waals surface area contributed by atoms with Crippen LogP contribution < -0.4 is 52.9 Å². The standard InChI is InChI=1S/C94H145F2N11O23/c1-10-21-84-129-80-58-71-72-57-74(95)73-56-66(108)31-34-91(73,5)93(72,96)78(109)59-92(71,6)94(80,130-84)79(110)61-126-67-29-27-65(28-30-67)101-87(114)64(4)100-89(116)85(63(2)3)103-88(115)75(102-82(112)33-41-119-45-49-123-52-54-124-50-46-120-42-37-99-90(117)128-60-70-68-22-15-11-12-16-23-69(68)70)24-17-14-20-35-97-83(113)62-127-77-26-19-13-18-25-76-86(77)104-105-106(76)38-43-121-47-51-125-55-53-122-48-44-118-40-32-81(111)98-36-39-107(7,8)9/h27-31,34,56,63-64,68-72,74-75,77-78,80,84-85,104-105,109H,10,13-26,32-33,35-55,57-62H2,1-9H3,(H6-,97,98,99,100,101,102,103,111,112,113,114,115,116,117)/p+1/t64-,68-,69+,70?,71-,72-,74-,75+,77?,78-,80+,84?,85-,91-,92-,93-,94+/m0/s1. The van der Waals surface area contributed by atoms with Crippen LogP contribution in [0, 0.1) is 58.2 Å². The topological polar surface area (TPSA) is 405 Å². The van der Waals surface area contributed by atoms with E-state index in [1.165, 1.54) is 26.0 Å². The Labute approximate surface area is 764 Å². The number of allylic oxidation sites excluding steroid dienone is 5. The Hall–Kier alpha value is -7.87. The Kier molecular flexibility index (Phi) is 41.3. The first-order valence-electron chi connectivity index (χ1n) is 47.2. The molecule has 9 aliphatic rings. The van der Waals surface area contributed by atoms with Gasteiger partial charge in [0.25, 0.3) is 0 Å². The lowest BCUT2D eigenvalue weighted by atomic mass is 9.44. The molecule has 1 aromatic rings. The monoisotopic (exact) mass is 1840 g/mol. The van der Waals surface area contributed by atoms with Crippen LogP contribution in [0.15, 0.2) is 59.5 Å². The van der Waals surface area contributed by atoms with E-state index in [4.69, 9.17) is 61.6 Å². The van der Waals surface area contributed by atoms with E-state index in [9.17, 15) is 48.3 Å². The summed E-state index contributed by atoms with van der Waals surface area (Å²) in [6, 6.07) is 2.80. The van der Waals surface area contributed by atoms with E-state index in [2.05, 4.69) is 81.2 Å². The minimum Gasteiger partial charge on any atom is -0.486 e. The number of rotatable bonds is 58. The highest BCUT2D eigenvalue weighted by molar-refractivity contribution is 6.02. The van der Waals surface area contributed by atoms with Gasteiger partial charge in [0.1, 0.15) is 49.4 Å². The molecule has 2 aliphatic heterocycles. The van der Waals surface area contributed by atoms with E-state index < -0.39 is 131 Å². The van der Waals surface area contributed by atoms with Crippen LogP contribution in [0.5, 0.6) is 5.75 Å². The summed E-state index contributed by atoms with van der Waals surface area (Å²) in [7, 11) is 6.23. The average Bonchev–Trinajstić information content (AvgIpc) is 1.47. The zero-order valence-corrected chi connectivity index (χ0v) is 77.8. The number of alkyl carbamates (subject to hydrolysis) is 1. The molecule has 1 saturated heterocycles. The molecule has 36 heteroatoms. The Morgan fingerprint density at radius 1 is 0.685 bits per heavy atom. The third-order valence-electron chi connectivity index (χ3n) is 26.6. The molecule has 0 spiro atoms. The van der Waals surface area contributed by atoms with Gasteiger partial charge >= 0.3 is 6.09 Å². The van der Waals surface area contributed by atoms with E-state index in [1.807, 2.05) is 11.9 Å². The zero-order chi connectivity index (χ0) is 93.3. The van der Waals surface area contributed by atoms with Crippen LogP contribution >= 0.6 is 0 Å². The number of Topliss-reactive ketones (excluding diaryl/α,β-unsaturated/α-hetero) is 1. The maximum Gasteiger partial charge on any atom is 0.407 e. The van der Waals surface area contributed by atoms with Gasteiger partial charge in [0, 0.05) is 61.2 Å². The lowest BCUT2D eigenvalue weighted by Crippen LogP contribution is -2.71. The number of unbranched alkanes of at least 4 members (excludes halogenated alkanes) is 2. The van der Waals surface area contributed by atoms with Crippen molar-refractivity contribution in [2.24, 2.45) is 46.3 Å². The van der Waals surface area contributed by atoms with Gasteiger partial charge in [0.15, 0.2) is 23.3 Å². The summed E-state index contributed by atoms with van der Waals surface area (Å²) in [6.07, 6.45) is 9.08. The Morgan fingerprint density at radius 3 is 1.96 bits per heavy atom. The van der Waals surface area contributed by atoms with Crippen LogP contribution in [0.4, 0.5) is 19.3 Å². The molecule has 130 heavy (non-hydrogen) atoms. The summed E-state index contributed by atoms with van der Waals surface area (Å²) < 4.78 is 111. The van der Waals surface area contributed by atoms with Gasteiger partial charge in [-0.05, 0) is 156 Å². The van der Waals surface area contributed by atoms with Gasteiger partial charge in [-0.25, -0.2) is 13.6 Å².